The zero-order valence-corrected chi connectivity index (χ0v) is 9.69. The van der Waals surface area contributed by atoms with E-state index in [4.69, 9.17) is 10.5 Å². The molecule has 8 nitrogen and oxygen atoms in total. The number of nitrogens with two attached hydrogens (primary N) is 1. The Morgan fingerprint density at radius 3 is 2.89 bits per heavy atom. The second kappa shape index (κ2) is 3.87. The van der Waals surface area contributed by atoms with Gasteiger partial charge in [-0.05, 0) is 6.92 Å². The third-order valence-corrected chi connectivity index (χ3v) is 3.06. The Morgan fingerprint density at radius 1 is 1.44 bits per heavy atom. The molecule has 2 aromatic heterocycles. The Bertz CT molecular complexity index is 598. The van der Waals surface area contributed by atoms with Gasteiger partial charge in [0.15, 0.2) is 23.2 Å². The summed E-state index contributed by atoms with van der Waals surface area (Å²) in [5.74, 6) is 0.866. The maximum absolute atomic E-state index is 9.88. The van der Waals surface area contributed by atoms with Gasteiger partial charge in [-0.1, -0.05) is 0 Å². The molecule has 0 amide bonds. The van der Waals surface area contributed by atoms with Crippen molar-refractivity contribution >= 4 is 17.0 Å². The molecule has 18 heavy (non-hydrogen) atoms. The first-order chi connectivity index (χ1) is 8.59. The van der Waals surface area contributed by atoms with Crippen molar-refractivity contribution < 1.29 is 14.9 Å². The van der Waals surface area contributed by atoms with E-state index in [-0.39, 0.29) is 12.4 Å². The zero-order valence-electron chi connectivity index (χ0n) is 9.69. The molecule has 4 N–H and O–H groups in total. The molecule has 0 saturated carbocycles. The molecular formula is C10H13N5O3. The van der Waals surface area contributed by atoms with Gasteiger partial charge < -0.3 is 20.7 Å². The summed E-state index contributed by atoms with van der Waals surface area (Å²) in [6.45, 7) is 1.83. The van der Waals surface area contributed by atoms with Crippen LogP contribution in [-0.4, -0.2) is 48.5 Å². The highest BCUT2D eigenvalue weighted by Crippen LogP contribution is 2.29. The summed E-state index contributed by atoms with van der Waals surface area (Å²) < 4.78 is 6.99. The van der Waals surface area contributed by atoms with Crippen LogP contribution < -0.4 is 5.73 Å². The van der Waals surface area contributed by atoms with Gasteiger partial charge in [0.1, 0.15) is 24.4 Å². The number of aliphatic hydroxyl groups excluding tert-OH is 2. The Hall–Kier alpha value is -1.77. The molecule has 2 aromatic rings. The van der Waals surface area contributed by atoms with Crippen molar-refractivity contribution in [2.24, 2.45) is 0 Å². The van der Waals surface area contributed by atoms with E-state index >= 15 is 0 Å². The molecular weight excluding hydrogens is 238 g/mol. The molecule has 0 aliphatic carbocycles. The predicted octanol–water partition coefficient (Wildman–Crippen LogP) is -1.03. The lowest BCUT2D eigenvalue weighted by molar-refractivity contribution is -0.0173. The number of aryl methyl sites for hydroxylation is 1. The number of nitrogens with zero attached hydrogens (tertiary/aromatic N) is 4. The van der Waals surface area contributed by atoms with Crippen LogP contribution in [0.4, 0.5) is 5.82 Å². The fourth-order valence-corrected chi connectivity index (χ4v) is 2.15. The van der Waals surface area contributed by atoms with Gasteiger partial charge in [-0.3, -0.25) is 4.57 Å². The number of hydrogen-bond donors (Lipinski definition) is 3. The molecule has 96 valence electrons. The minimum atomic E-state index is -1.02. The first-order valence-corrected chi connectivity index (χ1v) is 5.52. The fourth-order valence-electron chi connectivity index (χ4n) is 2.15. The average Bonchev–Trinajstić information content (AvgIpc) is 2.83. The molecule has 1 aliphatic heterocycles. The summed E-state index contributed by atoms with van der Waals surface area (Å²) in [7, 11) is 0. The molecule has 0 spiro atoms. The van der Waals surface area contributed by atoms with E-state index in [1.54, 1.807) is 11.5 Å². The van der Waals surface area contributed by atoms with Crippen molar-refractivity contribution in [3.8, 4) is 0 Å². The first kappa shape index (κ1) is 11.3. The number of ether oxygens (including phenoxy) is 1. The number of aromatic nitrogens is 4. The number of fused-ring (bicyclic) bond motifs is 1. The number of imidazole rings is 1. The van der Waals surface area contributed by atoms with Crippen LogP contribution in [0.1, 0.15) is 12.1 Å². The summed E-state index contributed by atoms with van der Waals surface area (Å²) in [6, 6.07) is 0. The van der Waals surface area contributed by atoms with E-state index in [0.29, 0.717) is 17.0 Å². The van der Waals surface area contributed by atoms with E-state index in [2.05, 4.69) is 15.0 Å². The van der Waals surface area contributed by atoms with E-state index < -0.39 is 18.4 Å². The maximum Gasteiger partial charge on any atom is 0.167 e. The largest absolute Gasteiger partial charge is 0.388 e. The van der Waals surface area contributed by atoms with Crippen molar-refractivity contribution in [3.05, 3.63) is 12.2 Å². The normalized spacial score (nSPS) is 28.1. The zero-order chi connectivity index (χ0) is 12.9. The number of aliphatic hydroxyl groups is 2. The van der Waals surface area contributed by atoms with Crippen LogP contribution in [0.5, 0.6) is 0 Å². The smallest absolute Gasteiger partial charge is 0.167 e. The number of hydrogen-bond acceptors (Lipinski definition) is 7. The van der Waals surface area contributed by atoms with Crippen LogP contribution in [-0.2, 0) is 4.74 Å². The summed E-state index contributed by atoms with van der Waals surface area (Å²) >= 11 is 0. The van der Waals surface area contributed by atoms with E-state index in [0.717, 1.165) is 0 Å². The quantitative estimate of drug-likeness (QED) is 0.592. The SMILES string of the molecule is Cc1nc2c(N)ncnc2n1[C@@H]1OC[C@@H](O)[C@H]1O. The fraction of sp³-hybridized carbons (Fsp3) is 0.500. The van der Waals surface area contributed by atoms with Crippen LogP contribution in [0.3, 0.4) is 0 Å². The third kappa shape index (κ3) is 1.47. The summed E-state index contributed by atoms with van der Waals surface area (Å²) in [5.41, 5.74) is 6.67. The Morgan fingerprint density at radius 2 is 2.22 bits per heavy atom. The first-order valence-electron chi connectivity index (χ1n) is 5.52. The van der Waals surface area contributed by atoms with Crippen molar-refractivity contribution in [3.63, 3.8) is 0 Å². The van der Waals surface area contributed by atoms with Crippen molar-refractivity contribution in [1.82, 2.24) is 19.5 Å². The standard InChI is InChI=1S/C10H13N5O3/c1-4-14-6-8(11)12-3-13-9(6)15(4)10-7(17)5(16)2-18-10/h3,5,7,10,16-17H,2H2,1H3,(H2,11,12,13)/t5-,7-,10-/m1/s1. The van der Waals surface area contributed by atoms with Gasteiger partial charge >= 0.3 is 0 Å². The Labute approximate surface area is 102 Å². The lowest BCUT2D eigenvalue weighted by Gasteiger charge is -2.18. The summed E-state index contributed by atoms with van der Waals surface area (Å²) in [4.78, 5) is 12.2. The molecule has 1 saturated heterocycles. The average molecular weight is 251 g/mol. The van der Waals surface area contributed by atoms with Gasteiger partial charge in [-0.25, -0.2) is 15.0 Å². The minimum absolute atomic E-state index is 0.0749. The Balaban J connectivity index is 2.17. The molecule has 1 fully saturated rings. The second-order valence-corrected chi connectivity index (χ2v) is 4.24. The molecule has 0 bridgehead atoms. The van der Waals surface area contributed by atoms with Crippen molar-refractivity contribution in [2.75, 3.05) is 12.3 Å². The molecule has 1 aliphatic rings. The number of anilines is 1. The lowest BCUT2D eigenvalue weighted by atomic mass is 10.2. The van der Waals surface area contributed by atoms with Crippen LogP contribution in [0, 0.1) is 6.92 Å². The maximum atomic E-state index is 9.88. The van der Waals surface area contributed by atoms with Gasteiger partial charge in [-0.15, -0.1) is 0 Å². The van der Waals surface area contributed by atoms with Crippen molar-refractivity contribution in [1.29, 1.82) is 0 Å². The van der Waals surface area contributed by atoms with E-state index in [9.17, 15) is 10.2 Å². The van der Waals surface area contributed by atoms with Gasteiger partial charge in [0.05, 0.1) is 6.61 Å². The lowest BCUT2D eigenvalue weighted by Crippen LogP contribution is -2.28. The highest BCUT2D eigenvalue weighted by molar-refractivity contribution is 5.81. The molecule has 0 aromatic carbocycles. The summed E-state index contributed by atoms with van der Waals surface area (Å²) in [5, 5.41) is 19.4. The third-order valence-electron chi connectivity index (χ3n) is 3.06. The van der Waals surface area contributed by atoms with Crippen LogP contribution in [0.2, 0.25) is 0 Å². The molecule has 0 unspecified atom stereocenters. The van der Waals surface area contributed by atoms with Gasteiger partial charge in [0, 0.05) is 0 Å². The molecule has 3 rings (SSSR count). The number of rotatable bonds is 1. The molecule has 0 radical (unpaired) electrons. The van der Waals surface area contributed by atoms with Crippen LogP contribution in [0.25, 0.3) is 11.2 Å². The molecule has 8 heteroatoms. The van der Waals surface area contributed by atoms with Crippen LogP contribution >= 0.6 is 0 Å². The van der Waals surface area contributed by atoms with Gasteiger partial charge in [0.2, 0.25) is 0 Å². The topological polar surface area (TPSA) is 119 Å². The molecule has 3 atom stereocenters. The second-order valence-electron chi connectivity index (χ2n) is 4.24. The van der Waals surface area contributed by atoms with E-state index in [1.807, 2.05) is 0 Å². The van der Waals surface area contributed by atoms with Crippen LogP contribution in [0.15, 0.2) is 6.33 Å². The number of nitrogen functional groups attached to an aromatic ring is 1. The highest BCUT2D eigenvalue weighted by atomic mass is 16.5. The van der Waals surface area contributed by atoms with Gasteiger partial charge in [0.25, 0.3) is 0 Å². The monoisotopic (exact) mass is 251 g/mol. The van der Waals surface area contributed by atoms with E-state index in [1.165, 1.54) is 6.33 Å². The van der Waals surface area contributed by atoms with Crippen molar-refractivity contribution in [2.45, 2.75) is 25.4 Å². The minimum Gasteiger partial charge on any atom is -0.388 e. The molecule has 3 heterocycles. The Kier molecular flexibility index (Phi) is 2.44. The predicted molar refractivity (Wildman–Crippen MR) is 61.5 cm³/mol. The highest BCUT2D eigenvalue weighted by Gasteiger charge is 2.37. The van der Waals surface area contributed by atoms with Gasteiger partial charge in [-0.2, -0.15) is 0 Å². The summed E-state index contributed by atoms with van der Waals surface area (Å²) in [6.07, 6.45) is -1.31.